The Morgan fingerprint density at radius 3 is 2.72 bits per heavy atom. The number of rotatable bonds is 8. The average Bonchev–Trinajstić information content (AvgIpc) is 3.38. The Bertz CT molecular complexity index is 752. The van der Waals surface area contributed by atoms with E-state index < -0.39 is 0 Å². The molecule has 134 valence electrons. The molecule has 3 nitrogen and oxygen atoms in total. The van der Waals surface area contributed by atoms with Gasteiger partial charge in [0.2, 0.25) is 0 Å². The zero-order valence-electron chi connectivity index (χ0n) is 14.0. The minimum atomic E-state index is -0.363. The summed E-state index contributed by atoms with van der Waals surface area (Å²) in [6.45, 7) is 3.51. The molecule has 6 heteroatoms. The van der Waals surface area contributed by atoms with E-state index >= 15 is 0 Å². The average molecular weight is 429 g/mol. The zero-order chi connectivity index (χ0) is 17.8. The normalized spacial score (nSPS) is 13.8. The molecule has 1 N–H and O–H groups in total. The summed E-state index contributed by atoms with van der Waals surface area (Å²) in [6.07, 6.45) is 2.50. The van der Waals surface area contributed by atoms with Crippen molar-refractivity contribution in [2.75, 3.05) is 6.61 Å². The monoisotopic (exact) mass is 427 g/mol. The fraction of sp³-hybridized carbons (Fsp3) is 0.368. The number of ether oxygens (including phenoxy) is 2. The predicted molar refractivity (Wildman–Crippen MR) is 101 cm³/mol. The highest BCUT2D eigenvalue weighted by Crippen LogP contribution is 2.38. The van der Waals surface area contributed by atoms with Crippen LogP contribution >= 0.6 is 27.5 Å². The predicted octanol–water partition coefficient (Wildman–Crippen LogP) is 5.47. The van der Waals surface area contributed by atoms with Crippen molar-refractivity contribution >= 4 is 27.5 Å². The van der Waals surface area contributed by atoms with Crippen molar-refractivity contribution in [1.29, 1.82) is 0 Å². The number of nitrogens with one attached hydrogen (secondary N) is 1. The largest absolute Gasteiger partial charge is 0.490 e. The van der Waals surface area contributed by atoms with Gasteiger partial charge in [-0.15, -0.1) is 0 Å². The van der Waals surface area contributed by atoms with Gasteiger partial charge in [0.15, 0.2) is 11.5 Å². The van der Waals surface area contributed by atoms with Gasteiger partial charge in [-0.1, -0.05) is 17.7 Å². The van der Waals surface area contributed by atoms with Crippen molar-refractivity contribution < 1.29 is 13.9 Å². The van der Waals surface area contributed by atoms with Crippen molar-refractivity contribution in [2.45, 2.75) is 39.0 Å². The summed E-state index contributed by atoms with van der Waals surface area (Å²) in [5, 5.41) is 3.84. The Hall–Kier alpha value is -1.30. The van der Waals surface area contributed by atoms with Crippen LogP contribution in [0.25, 0.3) is 0 Å². The molecule has 0 saturated heterocycles. The summed E-state index contributed by atoms with van der Waals surface area (Å²) in [5.74, 6) is 0.942. The van der Waals surface area contributed by atoms with Gasteiger partial charge in [-0.2, -0.15) is 0 Å². The lowest BCUT2D eigenvalue weighted by molar-refractivity contribution is 0.267. The molecular formula is C19H20BrClFNO2. The maximum atomic E-state index is 13.2. The van der Waals surface area contributed by atoms with Crippen molar-refractivity contribution in [3.8, 4) is 11.5 Å². The van der Waals surface area contributed by atoms with Gasteiger partial charge in [0.1, 0.15) is 12.4 Å². The standard InChI is InChI=1S/C19H20BrClFNO2/c1-2-24-18-8-12(10-23-15-5-6-15)7-16(20)19(18)25-11-13-3-4-14(22)9-17(13)21/h3-4,7-9,15,23H,2,5-6,10-11H2,1H3. The zero-order valence-corrected chi connectivity index (χ0v) is 16.3. The van der Waals surface area contributed by atoms with Crippen molar-refractivity contribution in [3.63, 3.8) is 0 Å². The van der Waals surface area contributed by atoms with E-state index in [0.717, 1.165) is 22.1 Å². The molecule has 1 fully saturated rings. The van der Waals surface area contributed by atoms with Crippen LogP contribution in [0.5, 0.6) is 11.5 Å². The molecule has 0 aliphatic heterocycles. The Labute approximate surface area is 160 Å². The number of hydrogen-bond acceptors (Lipinski definition) is 3. The summed E-state index contributed by atoms with van der Waals surface area (Å²) in [7, 11) is 0. The van der Waals surface area contributed by atoms with E-state index in [1.165, 1.54) is 25.0 Å². The molecule has 0 amide bonds. The summed E-state index contributed by atoms with van der Waals surface area (Å²) < 4.78 is 25.6. The molecule has 0 unspecified atom stereocenters. The van der Waals surface area contributed by atoms with Gasteiger partial charge in [0, 0.05) is 18.2 Å². The number of hydrogen-bond donors (Lipinski definition) is 1. The molecule has 0 atom stereocenters. The Balaban J connectivity index is 1.75. The van der Waals surface area contributed by atoms with Crippen LogP contribution in [0.3, 0.4) is 0 Å². The van der Waals surface area contributed by atoms with E-state index in [0.29, 0.717) is 29.2 Å². The van der Waals surface area contributed by atoms with Gasteiger partial charge >= 0.3 is 0 Å². The van der Waals surface area contributed by atoms with Gasteiger partial charge < -0.3 is 14.8 Å². The maximum absolute atomic E-state index is 13.2. The van der Waals surface area contributed by atoms with Crippen LogP contribution in [-0.2, 0) is 13.2 Å². The van der Waals surface area contributed by atoms with Crippen LogP contribution in [-0.4, -0.2) is 12.6 Å². The third kappa shape index (κ3) is 5.09. The first-order valence-corrected chi connectivity index (χ1v) is 9.49. The third-order valence-corrected chi connectivity index (χ3v) is 4.87. The molecule has 2 aromatic rings. The first kappa shape index (κ1) is 18.5. The minimum absolute atomic E-state index is 0.234. The van der Waals surface area contributed by atoms with Gasteiger partial charge in [-0.25, -0.2) is 4.39 Å². The Kier molecular flexibility index (Phi) is 6.20. The molecular weight excluding hydrogens is 409 g/mol. The molecule has 0 bridgehead atoms. The summed E-state index contributed by atoms with van der Waals surface area (Å²) in [4.78, 5) is 0. The molecule has 2 aromatic carbocycles. The summed E-state index contributed by atoms with van der Waals surface area (Å²) in [6, 6.07) is 8.94. The summed E-state index contributed by atoms with van der Waals surface area (Å²) in [5.41, 5.74) is 1.85. The highest BCUT2D eigenvalue weighted by Gasteiger charge is 2.21. The van der Waals surface area contributed by atoms with E-state index in [1.54, 1.807) is 6.07 Å². The van der Waals surface area contributed by atoms with Crippen LogP contribution in [0.4, 0.5) is 4.39 Å². The second-order valence-electron chi connectivity index (χ2n) is 6.02. The first-order valence-electron chi connectivity index (χ1n) is 8.32. The molecule has 1 aliphatic carbocycles. The smallest absolute Gasteiger partial charge is 0.175 e. The fourth-order valence-electron chi connectivity index (χ4n) is 2.46. The highest BCUT2D eigenvalue weighted by atomic mass is 79.9. The van der Waals surface area contributed by atoms with Crippen LogP contribution in [0.2, 0.25) is 5.02 Å². The Morgan fingerprint density at radius 2 is 2.04 bits per heavy atom. The first-order chi connectivity index (χ1) is 12.1. The van der Waals surface area contributed by atoms with Crippen molar-refractivity contribution in [2.24, 2.45) is 0 Å². The lowest BCUT2D eigenvalue weighted by Gasteiger charge is -2.16. The lowest BCUT2D eigenvalue weighted by Crippen LogP contribution is -2.15. The molecule has 0 radical (unpaired) electrons. The van der Waals surface area contributed by atoms with E-state index in [1.807, 2.05) is 19.1 Å². The fourth-order valence-corrected chi connectivity index (χ4v) is 3.29. The highest BCUT2D eigenvalue weighted by molar-refractivity contribution is 9.10. The number of benzene rings is 2. The SMILES string of the molecule is CCOc1cc(CNC2CC2)cc(Br)c1OCc1ccc(F)cc1Cl. The molecule has 0 aromatic heterocycles. The molecule has 1 saturated carbocycles. The quantitative estimate of drug-likeness (QED) is 0.604. The van der Waals surface area contributed by atoms with Crippen LogP contribution in [0, 0.1) is 5.82 Å². The topological polar surface area (TPSA) is 30.5 Å². The van der Waals surface area contributed by atoms with Gasteiger partial charge in [0.05, 0.1) is 16.1 Å². The second-order valence-corrected chi connectivity index (χ2v) is 7.28. The van der Waals surface area contributed by atoms with Crippen molar-refractivity contribution in [1.82, 2.24) is 5.32 Å². The van der Waals surface area contributed by atoms with Crippen LogP contribution in [0.15, 0.2) is 34.8 Å². The van der Waals surface area contributed by atoms with Gasteiger partial charge in [-0.05, 0) is 65.5 Å². The van der Waals surface area contributed by atoms with E-state index in [4.69, 9.17) is 21.1 Å². The van der Waals surface area contributed by atoms with E-state index in [9.17, 15) is 4.39 Å². The van der Waals surface area contributed by atoms with Crippen LogP contribution < -0.4 is 14.8 Å². The Morgan fingerprint density at radius 1 is 1.24 bits per heavy atom. The van der Waals surface area contributed by atoms with Gasteiger partial charge in [0.25, 0.3) is 0 Å². The minimum Gasteiger partial charge on any atom is -0.490 e. The molecule has 25 heavy (non-hydrogen) atoms. The lowest BCUT2D eigenvalue weighted by atomic mass is 10.2. The van der Waals surface area contributed by atoms with Crippen LogP contribution in [0.1, 0.15) is 30.9 Å². The third-order valence-electron chi connectivity index (χ3n) is 3.93. The molecule has 0 heterocycles. The molecule has 3 rings (SSSR count). The second kappa shape index (κ2) is 8.39. The molecule has 1 aliphatic rings. The summed E-state index contributed by atoms with van der Waals surface area (Å²) >= 11 is 9.64. The van der Waals surface area contributed by atoms with E-state index in [2.05, 4.69) is 21.2 Å². The van der Waals surface area contributed by atoms with E-state index in [-0.39, 0.29) is 12.4 Å². The van der Waals surface area contributed by atoms with Gasteiger partial charge in [-0.3, -0.25) is 0 Å². The number of halogens is 3. The molecule has 0 spiro atoms. The maximum Gasteiger partial charge on any atom is 0.175 e. The van der Waals surface area contributed by atoms with Crippen molar-refractivity contribution in [3.05, 3.63) is 56.8 Å².